The molecule has 1 saturated heterocycles. The molecule has 2 heterocycles. The molecule has 1 atom stereocenters. The van der Waals surface area contributed by atoms with Crippen molar-refractivity contribution in [1.29, 1.82) is 0 Å². The predicted molar refractivity (Wildman–Crippen MR) is 83.3 cm³/mol. The largest absolute Gasteiger partial charge is 0.481 e. The summed E-state index contributed by atoms with van der Waals surface area (Å²) >= 11 is 0. The summed E-state index contributed by atoms with van der Waals surface area (Å²) < 4.78 is 40.6. The van der Waals surface area contributed by atoms with E-state index in [4.69, 9.17) is 5.11 Å². The van der Waals surface area contributed by atoms with Crippen LogP contribution in [0.15, 0.2) is 35.4 Å². The topological polar surface area (TPSA) is 92.5 Å². The fourth-order valence-electron chi connectivity index (χ4n) is 3.01. The number of fused-ring (bicyclic) bond motifs is 1. The van der Waals surface area contributed by atoms with Gasteiger partial charge in [0.05, 0.1) is 17.2 Å². The Morgan fingerprint density at radius 1 is 1.27 bits per heavy atom. The lowest BCUT2D eigenvalue weighted by Gasteiger charge is -2.27. The minimum Gasteiger partial charge on any atom is -0.481 e. The van der Waals surface area contributed by atoms with Gasteiger partial charge in [-0.1, -0.05) is 12.1 Å². The van der Waals surface area contributed by atoms with Crippen LogP contribution in [0.5, 0.6) is 0 Å². The highest BCUT2D eigenvalue weighted by Crippen LogP contribution is 2.45. The Balaban J connectivity index is 1.83. The van der Waals surface area contributed by atoms with Crippen LogP contribution in [0.25, 0.3) is 10.9 Å². The fourth-order valence-corrected chi connectivity index (χ4v) is 3.01. The number of likely N-dealkylation sites (tertiary alicyclic amines) is 1. The molecule has 0 saturated carbocycles. The van der Waals surface area contributed by atoms with Crippen molar-refractivity contribution in [1.82, 2.24) is 14.5 Å². The number of carboxylic acid groups (broad SMARTS) is 1. The lowest BCUT2D eigenvalue weighted by Crippen LogP contribution is -2.48. The summed E-state index contributed by atoms with van der Waals surface area (Å²) in [6, 6.07) is 6.47. The van der Waals surface area contributed by atoms with Gasteiger partial charge in [-0.05, 0) is 18.6 Å². The number of benzene rings is 1. The summed E-state index contributed by atoms with van der Waals surface area (Å²) in [4.78, 5) is 40.7. The molecule has 0 bridgehead atoms. The molecular weight excluding hydrogens is 355 g/mol. The number of nitrogens with zero attached hydrogens (tertiary/aromatic N) is 3. The number of carbonyl (C=O) groups is 2. The number of aromatic nitrogens is 2. The minimum absolute atomic E-state index is 0.277. The number of carboxylic acids is 1. The van der Waals surface area contributed by atoms with E-state index in [0.29, 0.717) is 5.52 Å². The van der Waals surface area contributed by atoms with Crippen LogP contribution >= 0.6 is 0 Å². The van der Waals surface area contributed by atoms with Gasteiger partial charge in [-0.15, -0.1) is 0 Å². The first-order chi connectivity index (χ1) is 12.2. The van der Waals surface area contributed by atoms with Crippen molar-refractivity contribution in [3.8, 4) is 0 Å². The van der Waals surface area contributed by atoms with Gasteiger partial charge in [-0.25, -0.2) is 4.98 Å². The molecule has 0 radical (unpaired) electrons. The fraction of sp³-hybridized carbons (Fsp3) is 0.375. The molecule has 1 fully saturated rings. The number of halogens is 3. The second-order valence-electron chi connectivity index (χ2n) is 6.15. The number of hydrogen-bond donors (Lipinski definition) is 1. The van der Waals surface area contributed by atoms with Crippen LogP contribution in [0.4, 0.5) is 13.2 Å². The Kier molecular flexibility index (Phi) is 4.21. The molecule has 1 aromatic carbocycles. The van der Waals surface area contributed by atoms with Gasteiger partial charge in [0.25, 0.3) is 5.56 Å². The normalized spacial score (nSPS) is 20.5. The number of para-hydroxylation sites is 1. The highest BCUT2D eigenvalue weighted by molar-refractivity contribution is 5.82. The lowest BCUT2D eigenvalue weighted by molar-refractivity contribution is -0.227. The van der Waals surface area contributed by atoms with Crippen LogP contribution in [0.1, 0.15) is 6.42 Å². The molecule has 138 valence electrons. The number of hydrogen-bond acceptors (Lipinski definition) is 4. The van der Waals surface area contributed by atoms with E-state index in [2.05, 4.69) is 4.98 Å². The van der Waals surface area contributed by atoms with Crippen LogP contribution in [-0.2, 0) is 16.1 Å². The molecular formula is C16H14F3N3O4. The van der Waals surface area contributed by atoms with Gasteiger partial charge >= 0.3 is 12.1 Å². The summed E-state index contributed by atoms with van der Waals surface area (Å²) in [5.74, 6) is -2.78. The summed E-state index contributed by atoms with van der Waals surface area (Å²) in [6.07, 6.45) is -4.55. The van der Waals surface area contributed by atoms with Gasteiger partial charge in [0, 0.05) is 13.1 Å². The predicted octanol–water partition coefficient (Wildman–Crippen LogP) is 1.26. The standard InChI is InChI=1S/C16H14F3N3O4/c17-16(18,19)15(14(25)26)5-6-21(8-15)12(23)7-22-9-20-11-4-2-1-3-10(11)13(22)24/h1-4,9H,5-8H2,(H,25,26). The first kappa shape index (κ1) is 17.9. The third kappa shape index (κ3) is 2.80. The monoisotopic (exact) mass is 369 g/mol. The average Bonchev–Trinajstić information content (AvgIpc) is 3.04. The third-order valence-corrected chi connectivity index (χ3v) is 4.61. The van der Waals surface area contributed by atoms with E-state index < -0.39 is 48.5 Å². The van der Waals surface area contributed by atoms with Crippen LogP contribution < -0.4 is 5.56 Å². The summed E-state index contributed by atoms with van der Waals surface area (Å²) in [6.45, 7) is -1.83. The van der Waals surface area contributed by atoms with Gasteiger partial charge in [0.15, 0.2) is 5.41 Å². The maximum atomic E-state index is 13.2. The summed E-state index contributed by atoms with van der Waals surface area (Å²) in [5.41, 5.74) is -3.04. The maximum absolute atomic E-state index is 13.2. The second-order valence-corrected chi connectivity index (χ2v) is 6.15. The number of amides is 1. The lowest BCUT2D eigenvalue weighted by atomic mass is 9.86. The second kappa shape index (κ2) is 6.11. The molecule has 1 unspecified atom stereocenters. The number of aliphatic carboxylic acids is 1. The van der Waals surface area contributed by atoms with E-state index in [1.54, 1.807) is 18.2 Å². The maximum Gasteiger partial charge on any atom is 0.406 e. The Hall–Kier alpha value is -2.91. The molecule has 1 aliphatic rings. The van der Waals surface area contributed by atoms with E-state index in [1.165, 1.54) is 6.07 Å². The molecule has 7 nitrogen and oxygen atoms in total. The highest BCUT2D eigenvalue weighted by atomic mass is 19.4. The number of rotatable bonds is 3. The van der Waals surface area contributed by atoms with Gasteiger partial charge in [0.1, 0.15) is 6.54 Å². The Morgan fingerprint density at radius 3 is 2.58 bits per heavy atom. The summed E-state index contributed by atoms with van der Waals surface area (Å²) in [5, 5.41) is 9.31. The number of alkyl halides is 3. The van der Waals surface area contributed by atoms with Crippen LogP contribution in [-0.4, -0.2) is 50.7 Å². The molecule has 1 aromatic heterocycles. The first-order valence-electron chi connectivity index (χ1n) is 7.68. The zero-order valence-electron chi connectivity index (χ0n) is 13.4. The molecule has 10 heteroatoms. The van der Waals surface area contributed by atoms with E-state index in [-0.39, 0.29) is 11.9 Å². The highest BCUT2D eigenvalue weighted by Gasteiger charge is 2.64. The van der Waals surface area contributed by atoms with E-state index in [9.17, 15) is 27.6 Å². The van der Waals surface area contributed by atoms with Crippen LogP contribution in [0.3, 0.4) is 0 Å². The smallest absolute Gasteiger partial charge is 0.406 e. The molecule has 1 N–H and O–H groups in total. The number of carbonyl (C=O) groups excluding carboxylic acids is 1. The molecule has 0 aliphatic carbocycles. The molecule has 1 aliphatic heterocycles. The van der Waals surface area contributed by atoms with Gasteiger partial charge in [-0.2, -0.15) is 13.2 Å². The van der Waals surface area contributed by atoms with Crippen molar-refractivity contribution in [3.05, 3.63) is 40.9 Å². The molecule has 2 aromatic rings. The quantitative estimate of drug-likeness (QED) is 0.879. The third-order valence-electron chi connectivity index (χ3n) is 4.61. The van der Waals surface area contributed by atoms with E-state index in [1.807, 2.05) is 0 Å². The zero-order valence-corrected chi connectivity index (χ0v) is 13.4. The Labute approximate surface area is 144 Å². The summed E-state index contributed by atoms with van der Waals surface area (Å²) in [7, 11) is 0. The molecule has 3 rings (SSSR count). The molecule has 0 spiro atoms. The Bertz CT molecular complexity index is 940. The van der Waals surface area contributed by atoms with E-state index in [0.717, 1.165) is 15.8 Å². The first-order valence-corrected chi connectivity index (χ1v) is 7.68. The van der Waals surface area contributed by atoms with Crippen molar-refractivity contribution in [3.63, 3.8) is 0 Å². The van der Waals surface area contributed by atoms with Gasteiger partial charge in [-0.3, -0.25) is 19.0 Å². The molecule has 1 amide bonds. The van der Waals surface area contributed by atoms with Crippen LogP contribution in [0, 0.1) is 5.41 Å². The minimum atomic E-state index is -4.98. The van der Waals surface area contributed by atoms with Crippen molar-refractivity contribution in [2.45, 2.75) is 19.1 Å². The van der Waals surface area contributed by atoms with Crippen molar-refractivity contribution in [2.24, 2.45) is 5.41 Å². The molecule has 26 heavy (non-hydrogen) atoms. The average molecular weight is 369 g/mol. The van der Waals surface area contributed by atoms with Crippen LogP contribution in [0.2, 0.25) is 0 Å². The SMILES string of the molecule is O=C(Cn1cnc2ccccc2c1=O)N1CCC(C(=O)O)(C(F)(F)F)C1. The van der Waals surface area contributed by atoms with E-state index >= 15 is 0 Å². The van der Waals surface area contributed by atoms with Crippen molar-refractivity contribution in [2.75, 3.05) is 13.1 Å². The zero-order chi connectivity index (χ0) is 19.1. The van der Waals surface area contributed by atoms with Gasteiger partial charge < -0.3 is 10.0 Å². The van der Waals surface area contributed by atoms with Gasteiger partial charge in [0.2, 0.25) is 5.91 Å². The Morgan fingerprint density at radius 2 is 1.96 bits per heavy atom. The van der Waals surface area contributed by atoms with Crippen molar-refractivity contribution >= 4 is 22.8 Å². The van der Waals surface area contributed by atoms with Crippen molar-refractivity contribution < 1.29 is 27.9 Å².